The van der Waals surface area contributed by atoms with E-state index in [1.165, 1.54) is 4.90 Å². The van der Waals surface area contributed by atoms with Crippen LogP contribution in [0.2, 0.25) is 0 Å². The molecule has 3 aromatic rings. The van der Waals surface area contributed by atoms with E-state index >= 15 is 0 Å². The lowest BCUT2D eigenvalue weighted by Crippen LogP contribution is -2.48. The van der Waals surface area contributed by atoms with E-state index in [-0.39, 0.29) is 19.3 Å². The second-order valence-electron chi connectivity index (χ2n) is 11.5. The number of fused-ring (bicyclic) bond motifs is 1. The van der Waals surface area contributed by atoms with Crippen LogP contribution in [0.15, 0.2) is 59.1 Å². The van der Waals surface area contributed by atoms with Gasteiger partial charge in [-0.05, 0) is 49.9 Å². The zero-order chi connectivity index (χ0) is 29.9. The maximum absolute atomic E-state index is 13.8. The maximum Gasteiger partial charge on any atom is 0.411 e. The number of ether oxygens (including phenoxy) is 4. The van der Waals surface area contributed by atoms with E-state index in [1.807, 2.05) is 75.4 Å². The second kappa shape index (κ2) is 12.8. The van der Waals surface area contributed by atoms with Crippen LogP contribution in [-0.4, -0.2) is 53.9 Å². The van der Waals surface area contributed by atoms with Gasteiger partial charge in [0.15, 0.2) is 0 Å². The lowest BCUT2D eigenvalue weighted by atomic mass is 9.73. The fraction of sp³-hybridized carbons (Fsp3) is 0.469. The Morgan fingerprint density at radius 1 is 1.07 bits per heavy atom. The molecule has 1 aliphatic rings. The molecule has 9 heteroatoms. The molecule has 0 unspecified atom stereocenters. The first-order valence-corrected chi connectivity index (χ1v) is 14.7. The molecule has 2 heterocycles. The van der Waals surface area contributed by atoms with Crippen molar-refractivity contribution in [2.75, 3.05) is 13.7 Å². The first-order valence-electron chi connectivity index (χ1n) is 13.9. The number of methoxy groups -OCH3 is 1. The fourth-order valence-corrected chi connectivity index (χ4v) is 6.19. The minimum atomic E-state index is -0.931. The Labute approximate surface area is 250 Å². The summed E-state index contributed by atoms with van der Waals surface area (Å²) < 4.78 is 24.5. The Morgan fingerprint density at radius 3 is 2.39 bits per heavy atom. The third-order valence-corrected chi connectivity index (χ3v) is 8.01. The molecule has 0 radical (unpaired) electrons. The zero-order valence-corrected chi connectivity index (χ0v) is 26.3. The van der Waals surface area contributed by atoms with Crippen LogP contribution >= 0.6 is 15.9 Å². The number of hydrogen-bond donors (Lipinski definition) is 0. The molecule has 8 nitrogen and oxygen atoms in total. The molecule has 1 aliphatic heterocycles. The molecular formula is C32H39BrN2O6. The molecule has 0 bridgehead atoms. The number of rotatable bonds is 8. The summed E-state index contributed by atoms with van der Waals surface area (Å²) >= 11 is 3.68. The van der Waals surface area contributed by atoms with Crippen LogP contribution in [0.4, 0.5) is 4.79 Å². The monoisotopic (exact) mass is 626 g/mol. The highest BCUT2D eigenvalue weighted by atomic mass is 79.9. The van der Waals surface area contributed by atoms with Gasteiger partial charge in [-0.15, -0.1) is 0 Å². The molecule has 0 N–H and O–H groups in total. The van der Waals surface area contributed by atoms with Crippen molar-refractivity contribution in [3.8, 4) is 5.88 Å². The van der Waals surface area contributed by atoms with Crippen LogP contribution in [0.25, 0.3) is 10.9 Å². The van der Waals surface area contributed by atoms with Gasteiger partial charge in [-0.1, -0.05) is 73.1 Å². The predicted octanol–water partition coefficient (Wildman–Crippen LogP) is 7.09. The third kappa shape index (κ3) is 6.51. The van der Waals surface area contributed by atoms with Crippen molar-refractivity contribution in [1.29, 1.82) is 0 Å². The quantitative estimate of drug-likeness (QED) is 0.247. The van der Waals surface area contributed by atoms with Gasteiger partial charge in [0.2, 0.25) is 5.88 Å². The molecule has 41 heavy (non-hydrogen) atoms. The highest BCUT2D eigenvalue weighted by Gasteiger charge is 2.60. The van der Waals surface area contributed by atoms with Crippen LogP contribution < -0.4 is 4.74 Å². The number of likely N-dealkylation sites (tertiary alicyclic amines) is 1. The number of carbonyl (C=O) groups is 2. The van der Waals surface area contributed by atoms with Gasteiger partial charge in [0.05, 0.1) is 44.1 Å². The molecule has 0 aliphatic carbocycles. The van der Waals surface area contributed by atoms with Gasteiger partial charge >= 0.3 is 12.1 Å². The largest absolute Gasteiger partial charge is 0.481 e. The summed E-state index contributed by atoms with van der Waals surface area (Å²) in [5.74, 6) is -0.455. The number of hydrogen-bond acceptors (Lipinski definition) is 7. The van der Waals surface area contributed by atoms with E-state index in [0.29, 0.717) is 5.88 Å². The Hall–Kier alpha value is -3.17. The van der Waals surface area contributed by atoms with Crippen LogP contribution in [0.5, 0.6) is 5.88 Å². The summed E-state index contributed by atoms with van der Waals surface area (Å²) in [6, 6.07) is 15.9. The summed E-state index contributed by atoms with van der Waals surface area (Å²) in [4.78, 5) is 33.7. The molecule has 4 atom stereocenters. The van der Waals surface area contributed by atoms with Crippen LogP contribution in [0.3, 0.4) is 0 Å². The molecule has 220 valence electrons. The fourth-order valence-electron chi connectivity index (χ4n) is 5.67. The number of halogens is 1. The summed E-state index contributed by atoms with van der Waals surface area (Å²) in [5.41, 5.74) is 1.93. The van der Waals surface area contributed by atoms with Crippen LogP contribution in [0, 0.1) is 11.3 Å². The van der Waals surface area contributed by atoms with Gasteiger partial charge in [-0.3, -0.25) is 4.90 Å². The highest BCUT2D eigenvalue weighted by molar-refractivity contribution is 9.10. The lowest BCUT2D eigenvalue weighted by molar-refractivity contribution is -0.151. The molecule has 4 rings (SSSR count). The van der Waals surface area contributed by atoms with Gasteiger partial charge in [0, 0.05) is 21.3 Å². The lowest BCUT2D eigenvalue weighted by Gasteiger charge is -2.35. The standard InChI is InChI=1S/C32H39BrN2O6/c1-8-39-30(36)27-25(32(4,5)6)28(40-18-21-17-20-13-9-12-16-24(20)34-29(21)38-7)26(22-14-10-11-15-23(22)33)35(27)31(37)41-19(2)3/h9-17,19,25-28H,8,18H2,1-7H3/t25-,26+,27+,28+/m1/s1. The SMILES string of the molecule is CCOC(=O)[C@@H]1[C@@H](C(C)(C)C)[C@H](OCc2cc3ccccc3nc2OC)[C@H](c2ccccc2Br)N1C(=O)OC(C)C. The number of esters is 1. The predicted molar refractivity (Wildman–Crippen MR) is 161 cm³/mol. The average Bonchev–Trinajstić information content (AvgIpc) is 3.27. The summed E-state index contributed by atoms with van der Waals surface area (Å²) in [6.45, 7) is 11.8. The summed E-state index contributed by atoms with van der Waals surface area (Å²) in [7, 11) is 1.58. The maximum atomic E-state index is 13.8. The van der Waals surface area contributed by atoms with Crippen molar-refractivity contribution in [1.82, 2.24) is 9.88 Å². The van der Waals surface area contributed by atoms with E-state index in [4.69, 9.17) is 18.9 Å². The third-order valence-electron chi connectivity index (χ3n) is 7.29. The van der Waals surface area contributed by atoms with Crippen molar-refractivity contribution in [2.24, 2.45) is 11.3 Å². The first-order chi connectivity index (χ1) is 19.5. The first kappa shape index (κ1) is 30.8. The average molecular weight is 628 g/mol. The van der Waals surface area contributed by atoms with Gasteiger partial charge in [-0.25, -0.2) is 14.6 Å². The Balaban J connectivity index is 1.87. The van der Waals surface area contributed by atoms with Crippen molar-refractivity contribution >= 4 is 38.9 Å². The van der Waals surface area contributed by atoms with Gasteiger partial charge in [0.25, 0.3) is 0 Å². The number of pyridine rings is 1. The summed E-state index contributed by atoms with van der Waals surface area (Å²) in [5, 5.41) is 0.958. The van der Waals surface area contributed by atoms with E-state index in [0.717, 1.165) is 26.5 Å². The number of aromatic nitrogens is 1. The van der Waals surface area contributed by atoms with Crippen LogP contribution in [-0.2, 0) is 25.6 Å². The number of amides is 1. The smallest absolute Gasteiger partial charge is 0.411 e. The number of nitrogens with zero attached hydrogens (tertiary/aromatic N) is 2. The van der Waals surface area contributed by atoms with Gasteiger partial charge < -0.3 is 18.9 Å². The minimum Gasteiger partial charge on any atom is -0.481 e. The number of carbonyl (C=O) groups excluding carboxylic acids is 2. The van der Waals surface area contributed by atoms with Crippen molar-refractivity contribution in [3.05, 3.63) is 70.2 Å². The zero-order valence-electron chi connectivity index (χ0n) is 24.7. The molecule has 1 aromatic heterocycles. The Kier molecular flexibility index (Phi) is 9.59. The second-order valence-corrected chi connectivity index (χ2v) is 12.4. The summed E-state index contributed by atoms with van der Waals surface area (Å²) in [6.07, 6.45) is -1.57. The highest BCUT2D eigenvalue weighted by Crippen LogP contribution is 2.51. The van der Waals surface area contributed by atoms with Crippen molar-refractivity contribution < 1.29 is 28.5 Å². The normalized spacial score (nSPS) is 20.9. The molecule has 1 fully saturated rings. The number of para-hydroxylation sites is 1. The van der Waals surface area contributed by atoms with E-state index in [9.17, 15) is 9.59 Å². The number of benzene rings is 2. The van der Waals surface area contributed by atoms with Crippen molar-refractivity contribution in [2.45, 2.75) is 72.4 Å². The van der Waals surface area contributed by atoms with Gasteiger partial charge in [0.1, 0.15) is 6.04 Å². The molecular weight excluding hydrogens is 588 g/mol. The van der Waals surface area contributed by atoms with Crippen LogP contribution in [0.1, 0.15) is 58.7 Å². The minimum absolute atomic E-state index is 0.155. The molecule has 2 aromatic carbocycles. The molecule has 1 amide bonds. The molecule has 0 spiro atoms. The topological polar surface area (TPSA) is 87.2 Å². The van der Waals surface area contributed by atoms with Crippen molar-refractivity contribution in [3.63, 3.8) is 0 Å². The van der Waals surface area contributed by atoms with E-state index < -0.39 is 41.6 Å². The molecule has 0 saturated carbocycles. The molecule has 1 saturated heterocycles. The van der Waals surface area contributed by atoms with Gasteiger partial charge in [-0.2, -0.15) is 0 Å². The van der Waals surface area contributed by atoms with E-state index in [1.54, 1.807) is 27.9 Å². The Bertz CT molecular complexity index is 1390. The van der Waals surface area contributed by atoms with E-state index in [2.05, 4.69) is 20.9 Å². The Morgan fingerprint density at radius 2 is 1.76 bits per heavy atom.